The number of aliphatic hydroxyl groups excluding tert-OH is 2. The Hall–Kier alpha value is -4.00. The largest absolute Gasteiger partial charge is 0.387 e. The van der Waals surface area contributed by atoms with Gasteiger partial charge in [0.2, 0.25) is 0 Å². The predicted molar refractivity (Wildman–Crippen MR) is 120 cm³/mol. The summed E-state index contributed by atoms with van der Waals surface area (Å²) in [5.74, 6) is 0.254. The van der Waals surface area contributed by atoms with Crippen molar-refractivity contribution in [2.24, 2.45) is 0 Å². The van der Waals surface area contributed by atoms with Crippen LogP contribution in [-0.2, 0) is 16.1 Å². The summed E-state index contributed by atoms with van der Waals surface area (Å²) in [5, 5.41) is 26.7. The zero-order chi connectivity index (χ0) is 23.7. The smallest absolute Gasteiger partial charge is 0.251 e. The molecule has 4 N–H and O–H groups in total. The van der Waals surface area contributed by atoms with Crippen molar-refractivity contribution in [3.63, 3.8) is 0 Å². The summed E-state index contributed by atoms with van der Waals surface area (Å²) in [5.41, 5.74) is 2.41. The van der Waals surface area contributed by atoms with Gasteiger partial charge in [0, 0.05) is 26.0 Å². The lowest BCUT2D eigenvalue weighted by Gasteiger charge is -2.17. The van der Waals surface area contributed by atoms with Crippen LogP contribution >= 0.6 is 0 Å². The molecule has 0 spiro atoms. The molecule has 5 rings (SSSR count). The van der Waals surface area contributed by atoms with Gasteiger partial charge in [-0.2, -0.15) is 0 Å². The number of aromatic nitrogens is 6. The zero-order valence-electron chi connectivity index (χ0n) is 18.1. The number of amides is 1. The normalized spacial score (nSPS) is 22.1. The Kier molecular flexibility index (Phi) is 5.84. The van der Waals surface area contributed by atoms with Gasteiger partial charge in [0.25, 0.3) is 5.91 Å². The number of nitrogens with one attached hydrogen (secondary N) is 2. The van der Waals surface area contributed by atoms with Crippen molar-refractivity contribution in [1.82, 2.24) is 34.8 Å². The van der Waals surface area contributed by atoms with Gasteiger partial charge in [-0.05, 0) is 5.56 Å². The lowest BCUT2D eigenvalue weighted by molar-refractivity contribution is -0.137. The maximum Gasteiger partial charge on any atom is 0.251 e. The number of rotatable bonds is 6. The molecule has 1 fully saturated rings. The van der Waals surface area contributed by atoms with Gasteiger partial charge in [-0.1, -0.05) is 30.3 Å². The number of carbonyl (C=O) groups excluding carboxylic acids is 1. The Labute approximate surface area is 193 Å². The third-order valence-electron chi connectivity index (χ3n) is 5.56. The Morgan fingerprint density at radius 2 is 1.88 bits per heavy atom. The Morgan fingerprint density at radius 3 is 2.62 bits per heavy atom. The highest BCUT2D eigenvalue weighted by Gasteiger charge is 2.47. The molecule has 0 aliphatic carbocycles. The van der Waals surface area contributed by atoms with Gasteiger partial charge in [-0.15, -0.1) is 0 Å². The molecular weight excluding hydrogens is 440 g/mol. The maximum absolute atomic E-state index is 12.1. The fraction of sp³-hybridized carbons (Fsp3) is 0.273. The van der Waals surface area contributed by atoms with E-state index in [4.69, 9.17) is 4.74 Å². The zero-order valence-corrected chi connectivity index (χ0v) is 18.1. The Balaban J connectivity index is 1.57. The molecule has 4 unspecified atom stereocenters. The number of anilines is 1. The summed E-state index contributed by atoms with van der Waals surface area (Å²) in [6, 6.07) is 9.80. The van der Waals surface area contributed by atoms with E-state index >= 15 is 0 Å². The van der Waals surface area contributed by atoms with Gasteiger partial charge in [-0.25, -0.2) is 24.9 Å². The van der Waals surface area contributed by atoms with Gasteiger partial charge in [0.05, 0.1) is 11.9 Å². The van der Waals surface area contributed by atoms with Crippen molar-refractivity contribution in [2.45, 2.75) is 31.1 Å². The predicted octanol–water partition coefficient (Wildman–Crippen LogP) is 0.261. The van der Waals surface area contributed by atoms with Gasteiger partial charge in [0.1, 0.15) is 18.5 Å². The van der Waals surface area contributed by atoms with Gasteiger partial charge in [-0.3, -0.25) is 9.36 Å². The molecule has 12 nitrogen and oxygen atoms in total. The van der Waals surface area contributed by atoms with Crippen LogP contribution in [0, 0.1) is 0 Å². The van der Waals surface area contributed by atoms with Crippen LogP contribution in [0.1, 0.15) is 11.8 Å². The van der Waals surface area contributed by atoms with Crippen molar-refractivity contribution in [3.05, 3.63) is 60.9 Å². The second-order valence-corrected chi connectivity index (χ2v) is 7.73. The molecule has 1 aliphatic rings. The van der Waals surface area contributed by atoms with E-state index in [1.807, 2.05) is 30.3 Å². The highest BCUT2D eigenvalue weighted by Crippen LogP contribution is 2.33. The third kappa shape index (κ3) is 3.94. The van der Waals surface area contributed by atoms with Crippen molar-refractivity contribution >= 4 is 22.9 Å². The summed E-state index contributed by atoms with van der Waals surface area (Å²) < 4.78 is 7.19. The van der Waals surface area contributed by atoms with E-state index in [-0.39, 0.29) is 0 Å². The van der Waals surface area contributed by atoms with Crippen LogP contribution in [0.4, 0.5) is 5.82 Å². The molecule has 4 atom stereocenters. The Bertz CT molecular complexity index is 1300. The van der Waals surface area contributed by atoms with E-state index in [1.165, 1.54) is 24.3 Å². The van der Waals surface area contributed by atoms with E-state index in [0.29, 0.717) is 34.9 Å². The minimum atomic E-state index is -1.41. The van der Waals surface area contributed by atoms with E-state index in [0.717, 1.165) is 5.56 Å². The van der Waals surface area contributed by atoms with Crippen molar-refractivity contribution in [3.8, 4) is 11.4 Å². The molecule has 1 amide bonds. The van der Waals surface area contributed by atoms with Crippen LogP contribution in [0.5, 0.6) is 0 Å². The molecule has 0 bridgehead atoms. The molecule has 174 valence electrons. The molecule has 4 aromatic rings. The summed E-state index contributed by atoms with van der Waals surface area (Å²) in [4.78, 5) is 33.8. The van der Waals surface area contributed by atoms with E-state index in [2.05, 4.69) is 35.6 Å². The molecule has 0 radical (unpaired) electrons. The summed E-state index contributed by atoms with van der Waals surface area (Å²) >= 11 is 0. The minimum absolute atomic E-state index is 0.335. The number of imidazole rings is 1. The molecule has 0 saturated carbocycles. The second kappa shape index (κ2) is 9.09. The number of hydrogen-bond donors (Lipinski definition) is 4. The van der Waals surface area contributed by atoms with Gasteiger partial charge >= 0.3 is 0 Å². The first-order valence-corrected chi connectivity index (χ1v) is 10.6. The molecular formula is C22H22N8O4. The van der Waals surface area contributed by atoms with E-state index in [9.17, 15) is 15.0 Å². The number of aliphatic hydroxyl groups is 2. The average molecular weight is 462 g/mol. The van der Waals surface area contributed by atoms with Crippen molar-refractivity contribution in [1.29, 1.82) is 0 Å². The first-order chi connectivity index (χ1) is 16.6. The molecule has 1 saturated heterocycles. The number of hydrogen-bond acceptors (Lipinski definition) is 10. The quantitative estimate of drug-likeness (QED) is 0.313. The topological polar surface area (TPSA) is 160 Å². The molecule has 1 aromatic carbocycles. The third-order valence-corrected chi connectivity index (χ3v) is 5.56. The summed E-state index contributed by atoms with van der Waals surface area (Å²) in [7, 11) is 1.43. The van der Waals surface area contributed by atoms with Gasteiger partial charge in [0.15, 0.2) is 35.1 Å². The highest BCUT2D eigenvalue weighted by molar-refractivity contribution is 5.85. The SMILES string of the molecule is CNC(=O)C1OC(n2cnc3c(NCc4ccccc4)nc(-c4cncnc4)nc32)C(O)C1O. The van der Waals surface area contributed by atoms with Crippen LogP contribution in [0.25, 0.3) is 22.6 Å². The van der Waals surface area contributed by atoms with Gasteiger partial charge < -0.3 is 25.6 Å². The minimum Gasteiger partial charge on any atom is -0.387 e. The molecule has 4 heterocycles. The van der Waals surface area contributed by atoms with Crippen LogP contribution in [0.3, 0.4) is 0 Å². The molecule has 3 aromatic heterocycles. The number of carbonyl (C=O) groups is 1. The number of ether oxygens (including phenoxy) is 1. The first kappa shape index (κ1) is 21.8. The summed E-state index contributed by atoms with van der Waals surface area (Å²) in [6.45, 7) is 0.491. The molecule has 12 heteroatoms. The Morgan fingerprint density at radius 1 is 1.12 bits per heavy atom. The van der Waals surface area contributed by atoms with Crippen LogP contribution < -0.4 is 10.6 Å². The second-order valence-electron chi connectivity index (χ2n) is 7.73. The fourth-order valence-corrected chi connectivity index (χ4v) is 3.80. The highest BCUT2D eigenvalue weighted by atomic mass is 16.6. The average Bonchev–Trinajstić information content (AvgIpc) is 3.44. The van der Waals surface area contributed by atoms with E-state index in [1.54, 1.807) is 12.4 Å². The van der Waals surface area contributed by atoms with Crippen molar-refractivity contribution in [2.75, 3.05) is 12.4 Å². The first-order valence-electron chi connectivity index (χ1n) is 10.6. The fourth-order valence-electron chi connectivity index (χ4n) is 3.80. The lowest BCUT2D eigenvalue weighted by atomic mass is 10.1. The number of benzene rings is 1. The number of likely N-dealkylation sites (N-methyl/N-ethyl adjacent to an activating group) is 1. The van der Waals surface area contributed by atoms with Crippen LogP contribution in [0.15, 0.2) is 55.4 Å². The maximum atomic E-state index is 12.1. The number of fused-ring (bicyclic) bond motifs is 1. The van der Waals surface area contributed by atoms with E-state index < -0.39 is 30.4 Å². The lowest BCUT2D eigenvalue weighted by Crippen LogP contribution is -2.41. The standard InChI is InChI=1S/C22H22N8O4/c1-23-21(33)17-15(31)16(32)22(34-17)30-11-27-14-19(26-7-12-5-3-2-4-6-12)28-18(29-20(14)30)13-8-24-10-25-9-13/h2-6,8-11,15-17,22,31-32H,7H2,1H3,(H,23,33)(H,26,28,29). The molecule has 34 heavy (non-hydrogen) atoms. The molecule has 1 aliphatic heterocycles. The monoisotopic (exact) mass is 462 g/mol. The van der Waals surface area contributed by atoms with Crippen LogP contribution in [-0.4, -0.2) is 71.0 Å². The van der Waals surface area contributed by atoms with Crippen LogP contribution in [0.2, 0.25) is 0 Å². The van der Waals surface area contributed by atoms with Crippen molar-refractivity contribution < 1.29 is 19.7 Å². The summed E-state index contributed by atoms with van der Waals surface area (Å²) in [6.07, 6.45) is 0.904. The number of nitrogens with zero attached hydrogens (tertiary/aromatic N) is 6.